The molecule has 1 saturated heterocycles. The largest absolute Gasteiger partial charge is 0.378 e. The number of ether oxygens (including phenoxy) is 1. The average Bonchev–Trinajstić information content (AvgIpc) is 2.99. The summed E-state index contributed by atoms with van der Waals surface area (Å²) in [6, 6.07) is 8.21. The molecule has 0 saturated carbocycles. The summed E-state index contributed by atoms with van der Waals surface area (Å²) in [5.41, 5.74) is 1.27. The van der Waals surface area contributed by atoms with Crippen LogP contribution in [-0.2, 0) is 11.3 Å². The molecule has 1 atom stereocenters. The third kappa shape index (κ3) is 2.55. The fourth-order valence-electron chi connectivity index (χ4n) is 2.73. The first-order valence-electron chi connectivity index (χ1n) is 6.69. The molecule has 0 radical (unpaired) electrons. The van der Waals surface area contributed by atoms with Gasteiger partial charge in [-0.3, -0.25) is 0 Å². The van der Waals surface area contributed by atoms with Gasteiger partial charge in [-0.05, 0) is 49.9 Å². The Bertz CT molecular complexity index is 528. The van der Waals surface area contributed by atoms with Crippen LogP contribution >= 0.6 is 11.6 Å². The minimum absolute atomic E-state index is 0.501. The van der Waals surface area contributed by atoms with E-state index in [0.717, 1.165) is 18.2 Å². The van der Waals surface area contributed by atoms with Crippen molar-refractivity contribution in [1.29, 1.82) is 0 Å². The third-order valence-electron chi connectivity index (χ3n) is 3.68. The Morgan fingerprint density at radius 3 is 3.11 bits per heavy atom. The third-order valence-corrected chi connectivity index (χ3v) is 3.92. The van der Waals surface area contributed by atoms with Crippen LogP contribution in [0.25, 0.3) is 10.9 Å². The van der Waals surface area contributed by atoms with Gasteiger partial charge in [-0.25, -0.2) is 0 Å². The topological polar surface area (TPSA) is 14.2 Å². The second-order valence-corrected chi connectivity index (χ2v) is 5.43. The van der Waals surface area contributed by atoms with Crippen molar-refractivity contribution >= 4 is 22.5 Å². The van der Waals surface area contributed by atoms with E-state index in [1.807, 2.05) is 12.1 Å². The van der Waals surface area contributed by atoms with Crippen LogP contribution in [0, 0.1) is 0 Å². The SMILES string of the molecule is Clc1ccc2c(ccn2CCCC2CCCO2)c1. The molecule has 0 amide bonds. The summed E-state index contributed by atoms with van der Waals surface area (Å²) < 4.78 is 7.96. The van der Waals surface area contributed by atoms with Crippen molar-refractivity contribution in [1.82, 2.24) is 4.57 Å². The van der Waals surface area contributed by atoms with Crippen LogP contribution in [0.4, 0.5) is 0 Å². The second kappa shape index (κ2) is 5.33. The number of fused-ring (bicyclic) bond motifs is 1. The smallest absolute Gasteiger partial charge is 0.0576 e. The number of halogens is 1. The van der Waals surface area contributed by atoms with Gasteiger partial charge >= 0.3 is 0 Å². The summed E-state index contributed by atoms with van der Waals surface area (Å²) in [5.74, 6) is 0. The predicted molar refractivity (Wildman–Crippen MR) is 75.2 cm³/mol. The van der Waals surface area contributed by atoms with Gasteiger partial charge < -0.3 is 9.30 Å². The number of aromatic nitrogens is 1. The molecule has 0 bridgehead atoms. The highest BCUT2D eigenvalue weighted by Gasteiger charge is 2.14. The first-order valence-corrected chi connectivity index (χ1v) is 7.07. The Morgan fingerprint density at radius 1 is 1.33 bits per heavy atom. The Morgan fingerprint density at radius 2 is 2.28 bits per heavy atom. The van der Waals surface area contributed by atoms with Gasteiger partial charge in [-0.1, -0.05) is 11.6 Å². The lowest BCUT2D eigenvalue weighted by Gasteiger charge is -2.10. The predicted octanol–water partition coefficient (Wildman–Crippen LogP) is 4.25. The summed E-state index contributed by atoms with van der Waals surface area (Å²) >= 11 is 5.99. The molecule has 3 rings (SSSR count). The van der Waals surface area contributed by atoms with E-state index in [4.69, 9.17) is 16.3 Å². The highest BCUT2D eigenvalue weighted by atomic mass is 35.5. The van der Waals surface area contributed by atoms with Crippen LogP contribution in [-0.4, -0.2) is 17.3 Å². The van der Waals surface area contributed by atoms with E-state index in [-0.39, 0.29) is 0 Å². The van der Waals surface area contributed by atoms with E-state index in [9.17, 15) is 0 Å². The summed E-state index contributed by atoms with van der Waals surface area (Å²) in [4.78, 5) is 0. The first-order chi connectivity index (χ1) is 8.83. The molecule has 0 aliphatic carbocycles. The molecule has 1 fully saturated rings. The van der Waals surface area contributed by atoms with E-state index < -0.39 is 0 Å². The van der Waals surface area contributed by atoms with Crippen LogP contribution in [0.15, 0.2) is 30.5 Å². The zero-order chi connectivity index (χ0) is 12.4. The van der Waals surface area contributed by atoms with E-state index in [1.54, 1.807) is 0 Å². The maximum absolute atomic E-state index is 5.99. The monoisotopic (exact) mass is 263 g/mol. The average molecular weight is 264 g/mol. The van der Waals surface area contributed by atoms with Crippen molar-refractivity contribution < 1.29 is 4.74 Å². The van der Waals surface area contributed by atoms with Crippen molar-refractivity contribution in [2.45, 2.75) is 38.3 Å². The lowest BCUT2D eigenvalue weighted by molar-refractivity contribution is 0.101. The molecule has 1 aliphatic heterocycles. The van der Waals surface area contributed by atoms with E-state index >= 15 is 0 Å². The number of aryl methyl sites for hydroxylation is 1. The summed E-state index contributed by atoms with van der Waals surface area (Å²) in [6.45, 7) is 2.01. The second-order valence-electron chi connectivity index (χ2n) is 4.99. The van der Waals surface area contributed by atoms with Gasteiger partial charge in [-0.2, -0.15) is 0 Å². The maximum Gasteiger partial charge on any atom is 0.0576 e. The number of hydrogen-bond acceptors (Lipinski definition) is 1. The van der Waals surface area contributed by atoms with Crippen LogP contribution < -0.4 is 0 Å². The molecule has 1 aliphatic rings. The van der Waals surface area contributed by atoms with Gasteiger partial charge in [0.25, 0.3) is 0 Å². The van der Waals surface area contributed by atoms with Gasteiger partial charge in [0.15, 0.2) is 0 Å². The molecular weight excluding hydrogens is 246 g/mol. The molecule has 1 unspecified atom stereocenters. The van der Waals surface area contributed by atoms with Gasteiger partial charge in [0.1, 0.15) is 0 Å². The Labute approximate surface area is 112 Å². The maximum atomic E-state index is 5.99. The number of benzene rings is 1. The molecule has 18 heavy (non-hydrogen) atoms. The molecule has 2 heterocycles. The number of hydrogen-bond donors (Lipinski definition) is 0. The van der Waals surface area contributed by atoms with Crippen LogP contribution in [0.1, 0.15) is 25.7 Å². The number of rotatable bonds is 4. The molecule has 1 aromatic heterocycles. The van der Waals surface area contributed by atoms with E-state index in [2.05, 4.69) is 22.9 Å². The summed E-state index contributed by atoms with van der Waals surface area (Å²) in [7, 11) is 0. The van der Waals surface area contributed by atoms with Crippen molar-refractivity contribution in [2.75, 3.05) is 6.61 Å². The fraction of sp³-hybridized carbons (Fsp3) is 0.467. The van der Waals surface area contributed by atoms with Gasteiger partial charge in [0.2, 0.25) is 0 Å². The molecule has 1 aromatic carbocycles. The van der Waals surface area contributed by atoms with E-state index in [1.165, 1.54) is 36.6 Å². The normalized spacial score (nSPS) is 19.7. The Hall–Kier alpha value is -0.990. The van der Waals surface area contributed by atoms with Gasteiger partial charge in [-0.15, -0.1) is 0 Å². The minimum Gasteiger partial charge on any atom is -0.378 e. The quantitative estimate of drug-likeness (QED) is 0.804. The Kier molecular flexibility index (Phi) is 3.57. The van der Waals surface area contributed by atoms with Crippen molar-refractivity contribution in [3.63, 3.8) is 0 Å². The van der Waals surface area contributed by atoms with Crippen molar-refractivity contribution in [3.8, 4) is 0 Å². The molecule has 3 heteroatoms. The van der Waals surface area contributed by atoms with Crippen LogP contribution in [0.3, 0.4) is 0 Å². The van der Waals surface area contributed by atoms with Gasteiger partial charge in [0.05, 0.1) is 6.10 Å². The molecule has 0 spiro atoms. The van der Waals surface area contributed by atoms with Crippen LogP contribution in [0.5, 0.6) is 0 Å². The fourth-order valence-corrected chi connectivity index (χ4v) is 2.91. The summed E-state index contributed by atoms with van der Waals surface area (Å²) in [6.07, 6.45) is 7.47. The van der Waals surface area contributed by atoms with Gasteiger partial charge in [0, 0.05) is 35.3 Å². The van der Waals surface area contributed by atoms with E-state index in [0.29, 0.717) is 6.10 Å². The van der Waals surface area contributed by atoms with Crippen molar-refractivity contribution in [2.24, 2.45) is 0 Å². The lowest BCUT2D eigenvalue weighted by Crippen LogP contribution is -2.06. The zero-order valence-electron chi connectivity index (χ0n) is 10.4. The molecular formula is C15H18ClNO. The molecule has 2 nitrogen and oxygen atoms in total. The van der Waals surface area contributed by atoms with Crippen molar-refractivity contribution in [3.05, 3.63) is 35.5 Å². The zero-order valence-corrected chi connectivity index (χ0v) is 11.2. The summed E-state index contributed by atoms with van der Waals surface area (Å²) in [5, 5.41) is 2.03. The first kappa shape index (κ1) is 12.1. The molecule has 96 valence electrons. The van der Waals surface area contributed by atoms with Crippen LogP contribution in [0.2, 0.25) is 5.02 Å². The number of nitrogens with zero attached hydrogens (tertiary/aromatic N) is 1. The minimum atomic E-state index is 0.501. The lowest BCUT2D eigenvalue weighted by atomic mass is 10.1. The Balaban J connectivity index is 1.63. The molecule has 0 N–H and O–H groups in total. The molecule has 2 aromatic rings. The standard InChI is InChI=1S/C15H18ClNO/c16-13-5-6-15-12(11-13)7-9-17(15)8-1-3-14-4-2-10-18-14/h5-7,9,11,14H,1-4,8,10H2. The highest BCUT2D eigenvalue weighted by Crippen LogP contribution is 2.22. The highest BCUT2D eigenvalue weighted by molar-refractivity contribution is 6.31.